The van der Waals surface area contributed by atoms with Crippen molar-refractivity contribution in [1.29, 1.82) is 0 Å². The van der Waals surface area contributed by atoms with Crippen LogP contribution in [0, 0.1) is 0 Å². The molecule has 4 heteroatoms. The zero-order valence-electron chi connectivity index (χ0n) is 17.5. The highest BCUT2D eigenvalue weighted by Crippen LogP contribution is 2.39. The number of hydrogen-bond donors (Lipinski definition) is 1. The van der Waals surface area contributed by atoms with Gasteiger partial charge in [0.2, 0.25) is 7.29 Å². The number of benzene rings is 3. The standard InChI is InChI=1S/C26H31N2OP/c29-30(25-15-7-2-8-16-25,26-17-9-3-10-18-26)27-24(21-23-13-5-1-6-14-23)22-28-19-11-4-12-20-28/h1-3,5-10,13-18,24H,4,11-12,19-22H2,(H,27,29). The van der Waals surface area contributed by atoms with E-state index in [1.807, 2.05) is 60.7 Å². The number of piperidine rings is 1. The molecule has 156 valence electrons. The minimum absolute atomic E-state index is 0.108. The minimum Gasteiger partial charge on any atom is -0.302 e. The van der Waals surface area contributed by atoms with Crippen LogP contribution < -0.4 is 15.7 Å². The van der Waals surface area contributed by atoms with Crippen LogP contribution in [0.1, 0.15) is 24.8 Å². The molecule has 0 amide bonds. The highest BCUT2D eigenvalue weighted by molar-refractivity contribution is 7.76. The summed E-state index contributed by atoms with van der Waals surface area (Å²) < 4.78 is 14.5. The van der Waals surface area contributed by atoms with E-state index in [9.17, 15) is 4.57 Å². The Hall–Kier alpha value is -2.19. The molecule has 3 nitrogen and oxygen atoms in total. The first-order valence-electron chi connectivity index (χ1n) is 11.0. The SMILES string of the molecule is O=P(NC(Cc1ccccc1)CN1CCCCC1)(c1ccccc1)c1ccccc1. The summed E-state index contributed by atoms with van der Waals surface area (Å²) in [5.41, 5.74) is 1.28. The maximum absolute atomic E-state index is 14.5. The van der Waals surface area contributed by atoms with Gasteiger partial charge in [0, 0.05) is 23.2 Å². The Balaban J connectivity index is 1.65. The predicted molar refractivity (Wildman–Crippen MR) is 127 cm³/mol. The van der Waals surface area contributed by atoms with Crippen molar-refractivity contribution in [2.45, 2.75) is 31.7 Å². The van der Waals surface area contributed by atoms with Crippen LogP contribution in [0.15, 0.2) is 91.0 Å². The predicted octanol–water partition coefficient (Wildman–Crippen LogP) is 4.60. The van der Waals surface area contributed by atoms with E-state index in [1.165, 1.54) is 24.8 Å². The summed E-state index contributed by atoms with van der Waals surface area (Å²) in [5, 5.41) is 5.41. The second-order valence-electron chi connectivity index (χ2n) is 8.16. The molecule has 0 spiro atoms. The lowest BCUT2D eigenvalue weighted by molar-refractivity contribution is 0.211. The lowest BCUT2D eigenvalue weighted by Gasteiger charge is -2.33. The van der Waals surface area contributed by atoms with E-state index in [-0.39, 0.29) is 6.04 Å². The number of nitrogens with one attached hydrogen (secondary N) is 1. The molecule has 1 N–H and O–H groups in total. The van der Waals surface area contributed by atoms with Crippen molar-refractivity contribution in [2.24, 2.45) is 0 Å². The Morgan fingerprint density at radius 1 is 0.733 bits per heavy atom. The van der Waals surface area contributed by atoms with Crippen LogP contribution in [0.2, 0.25) is 0 Å². The average Bonchev–Trinajstić information content (AvgIpc) is 2.81. The van der Waals surface area contributed by atoms with Crippen molar-refractivity contribution < 1.29 is 4.57 Å². The number of hydrogen-bond acceptors (Lipinski definition) is 2. The third-order valence-corrected chi connectivity index (χ3v) is 8.64. The van der Waals surface area contributed by atoms with E-state index < -0.39 is 7.29 Å². The number of rotatable bonds is 8. The summed E-state index contributed by atoms with van der Waals surface area (Å²) in [6.07, 6.45) is 4.70. The Morgan fingerprint density at radius 3 is 1.77 bits per heavy atom. The molecule has 3 aromatic carbocycles. The molecule has 0 bridgehead atoms. The average molecular weight is 419 g/mol. The smallest absolute Gasteiger partial charge is 0.204 e. The lowest BCUT2D eigenvalue weighted by atomic mass is 10.0. The molecule has 1 atom stereocenters. The van der Waals surface area contributed by atoms with Crippen LogP contribution in [0.4, 0.5) is 0 Å². The first kappa shape index (κ1) is 21.1. The van der Waals surface area contributed by atoms with Crippen LogP contribution in [-0.4, -0.2) is 30.6 Å². The van der Waals surface area contributed by atoms with Crippen LogP contribution in [-0.2, 0) is 11.0 Å². The van der Waals surface area contributed by atoms with E-state index in [0.29, 0.717) is 0 Å². The Kier molecular flexibility index (Phi) is 7.17. The zero-order valence-corrected chi connectivity index (χ0v) is 18.4. The lowest BCUT2D eigenvalue weighted by Crippen LogP contribution is -2.45. The molecule has 1 aliphatic rings. The van der Waals surface area contributed by atoms with Gasteiger partial charge in [0.15, 0.2) is 0 Å². The second kappa shape index (κ2) is 10.2. The third kappa shape index (κ3) is 5.29. The molecule has 3 aromatic rings. The topological polar surface area (TPSA) is 32.3 Å². The molecular weight excluding hydrogens is 387 g/mol. The van der Waals surface area contributed by atoms with Crippen molar-refractivity contribution in [3.8, 4) is 0 Å². The Morgan fingerprint density at radius 2 is 1.23 bits per heavy atom. The first-order valence-corrected chi connectivity index (χ1v) is 12.7. The van der Waals surface area contributed by atoms with Gasteiger partial charge in [-0.1, -0.05) is 73.2 Å². The van der Waals surface area contributed by atoms with Crippen LogP contribution in [0.25, 0.3) is 0 Å². The van der Waals surface area contributed by atoms with Crippen molar-refractivity contribution >= 4 is 17.9 Å². The zero-order chi connectivity index (χ0) is 20.7. The molecule has 1 fully saturated rings. The largest absolute Gasteiger partial charge is 0.302 e. The van der Waals surface area contributed by atoms with Gasteiger partial charge in [0.25, 0.3) is 0 Å². The monoisotopic (exact) mass is 418 g/mol. The number of nitrogens with zero attached hydrogens (tertiary/aromatic N) is 1. The summed E-state index contributed by atoms with van der Waals surface area (Å²) in [5.74, 6) is 0. The summed E-state index contributed by atoms with van der Waals surface area (Å²) >= 11 is 0. The molecule has 0 aliphatic carbocycles. The van der Waals surface area contributed by atoms with Gasteiger partial charge in [0.1, 0.15) is 0 Å². The molecule has 0 saturated carbocycles. The van der Waals surface area contributed by atoms with Gasteiger partial charge in [-0.05, 0) is 62.2 Å². The fourth-order valence-electron chi connectivity index (χ4n) is 4.33. The van der Waals surface area contributed by atoms with Crippen molar-refractivity contribution in [2.75, 3.05) is 19.6 Å². The maximum Gasteiger partial charge on any atom is 0.204 e. The molecule has 1 saturated heterocycles. The van der Waals surface area contributed by atoms with Crippen molar-refractivity contribution in [3.05, 3.63) is 96.6 Å². The second-order valence-corrected chi connectivity index (χ2v) is 10.7. The molecule has 0 radical (unpaired) electrons. The minimum atomic E-state index is -2.96. The number of likely N-dealkylation sites (tertiary alicyclic amines) is 1. The van der Waals surface area contributed by atoms with E-state index >= 15 is 0 Å². The molecule has 0 aromatic heterocycles. The molecule has 4 rings (SSSR count). The summed E-state index contributed by atoms with van der Waals surface area (Å²) in [6, 6.07) is 30.5. The fourth-order valence-corrected chi connectivity index (χ4v) is 6.80. The third-order valence-electron chi connectivity index (χ3n) is 5.86. The molecule has 1 aliphatic heterocycles. The Bertz CT molecular complexity index is 897. The molecule has 30 heavy (non-hydrogen) atoms. The normalized spacial score (nSPS) is 16.3. The molecular formula is C26H31N2OP. The van der Waals surface area contributed by atoms with E-state index in [1.54, 1.807) is 0 Å². The van der Waals surface area contributed by atoms with Crippen LogP contribution in [0.5, 0.6) is 0 Å². The van der Waals surface area contributed by atoms with Crippen LogP contribution in [0.3, 0.4) is 0 Å². The van der Waals surface area contributed by atoms with Gasteiger partial charge in [-0.3, -0.25) is 9.65 Å². The van der Waals surface area contributed by atoms with Gasteiger partial charge in [-0.15, -0.1) is 0 Å². The summed E-state index contributed by atoms with van der Waals surface area (Å²) in [6.45, 7) is 3.18. The van der Waals surface area contributed by atoms with E-state index in [0.717, 1.165) is 36.7 Å². The van der Waals surface area contributed by atoms with Gasteiger partial charge < -0.3 is 4.90 Å². The highest BCUT2D eigenvalue weighted by Gasteiger charge is 2.31. The summed E-state index contributed by atoms with van der Waals surface area (Å²) in [7, 11) is -2.96. The van der Waals surface area contributed by atoms with E-state index in [2.05, 4.69) is 40.3 Å². The quantitative estimate of drug-likeness (QED) is 0.543. The van der Waals surface area contributed by atoms with Crippen LogP contribution >= 0.6 is 7.29 Å². The molecule has 1 heterocycles. The van der Waals surface area contributed by atoms with Crippen molar-refractivity contribution in [3.63, 3.8) is 0 Å². The molecule has 1 unspecified atom stereocenters. The van der Waals surface area contributed by atoms with Gasteiger partial charge in [-0.2, -0.15) is 0 Å². The maximum atomic E-state index is 14.5. The van der Waals surface area contributed by atoms with Gasteiger partial charge in [0.05, 0.1) is 0 Å². The Labute approximate surface area is 180 Å². The van der Waals surface area contributed by atoms with Gasteiger partial charge in [-0.25, -0.2) is 0 Å². The van der Waals surface area contributed by atoms with E-state index in [4.69, 9.17) is 0 Å². The fraction of sp³-hybridized carbons (Fsp3) is 0.308. The first-order chi connectivity index (χ1) is 14.7. The summed E-state index contributed by atoms with van der Waals surface area (Å²) in [4.78, 5) is 2.53. The van der Waals surface area contributed by atoms with Gasteiger partial charge >= 0.3 is 0 Å². The highest BCUT2D eigenvalue weighted by atomic mass is 31.2. The van der Waals surface area contributed by atoms with Crippen molar-refractivity contribution in [1.82, 2.24) is 9.99 Å².